The van der Waals surface area contributed by atoms with Crippen LogP contribution in [0.5, 0.6) is 0 Å². The Kier molecular flexibility index (Phi) is 9.35. The maximum Gasteiger partial charge on any atom is 0.335 e. The van der Waals surface area contributed by atoms with Crippen molar-refractivity contribution >= 4 is 5.97 Å². The highest BCUT2D eigenvalue weighted by Crippen LogP contribution is 2.32. The van der Waals surface area contributed by atoms with Gasteiger partial charge in [-0.15, -0.1) is 0 Å². The zero-order valence-electron chi connectivity index (χ0n) is 17.9. The van der Waals surface area contributed by atoms with E-state index in [2.05, 4.69) is 0 Å². The molecule has 0 aromatic carbocycles. The van der Waals surface area contributed by atoms with Crippen LogP contribution in [0.15, 0.2) is 0 Å². The van der Waals surface area contributed by atoms with Crippen molar-refractivity contribution in [3.63, 3.8) is 0 Å². The predicted molar refractivity (Wildman–Crippen MR) is 102 cm³/mol. The highest BCUT2D eigenvalue weighted by molar-refractivity contribution is 5.73. The molecule has 3 fully saturated rings. The first kappa shape index (κ1) is 28.4. The van der Waals surface area contributed by atoms with Crippen LogP contribution in [0, 0.1) is 0 Å². The van der Waals surface area contributed by atoms with Gasteiger partial charge in [0.1, 0.15) is 67.1 Å². The number of rotatable bonds is 7. The Balaban J connectivity index is 1.80. The summed E-state index contributed by atoms with van der Waals surface area (Å²) in [5, 5.41) is 109. The van der Waals surface area contributed by atoms with E-state index in [0.29, 0.717) is 0 Å². The van der Waals surface area contributed by atoms with Crippen LogP contribution in [0.3, 0.4) is 0 Å². The lowest BCUT2D eigenvalue weighted by molar-refractivity contribution is -0.377. The first-order valence-corrected chi connectivity index (χ1v) is 10.6. The number of hydrogen-bond acceptors (Lipinski definition) is 16. The fraction of sp³-hybridized carbons (Fsp3) is 0.944. The fourth-order valence-corrected chi connectivity index (χ4v) is 4.03. The minimum atomic E-state index is -2.05. The van der Waals surface area contributed by atoms with Gasteiger partial charge in [0.05, 0.1) is 13.2 Å². The summed E-state index contributed by atoms with van der Waals surface area (Å²) in [6.45, 7) is -1.65. The topological polar surface area (TPSA) is 286 Å². The van der Waals surface area contributed by atoms with Gasteiger partial charge >= 0.3 is 5.97 Å². The van der Waals surface area contributed by atoms with Crippen molar-refractivity contribution in [2.24, 2.45) is 0 Å². The normalized spacial score (nSPS) is 51.2. The van der Waals surface area contributed by atoms with Crippen molar-refractivity contribution in [1.29, 1.82) is 0 Å². The molecule has 0 saturated carbocycles. The zero-order chi connectivity index (χ0) is 26.2. The van der Waals surface area contributed by atoms with Crippen LogP contribution in [0.2, 0.25) is 0 Å². The van der Waals surface area contributed by atoms with Gasteiger partial charge < -0.3 is 79.9 Å². The van der Waals surface area contributed by atoms with Crippen molar-refractivity contribution < 1.29 is 84.7 Å². The van der Waals surface area contributed by atoms with E-state index >= 15 is 0 Å². The van der Waals surface area contributed by atoms with Gasteiger partial charge in [0.2, 0.25) is 0 Å². The molecule has 17 nitrogen and oxygen atoms in total. The van der Waals surface area contributed by atoms with Gasteiger partial charge in [-0.25, -0.2) is 4.79 Å². The zero-order valence-corrected chi connectivity index (χ0v) is 17.9. The summed E-state index contributed by atoms with van der Waals surface area (Å²) >= 11 is 0. The van der Waals surface area contributed by atoms with Crippen LogP contribution in [-0.4, -0.2) is 167 Å². The number of aliphatic carboxylic acids is 1. The van der Waals surface area contributed by atoms with Crippen LogP contribution in [0.4, 0.5) is 0 Å². The van der Waals surface area contributed by atoms with Crippen LogP contribution >= 0.6 is 0 Å². The molecule has 0 spiro atoms. The van der Waals surface area contributed by atoms with E-state index in [1.54, 1.807) is 0 Å². The Labute approximate surface area is 196 Å². The summed E-state index contributed by atoms with van der Waals surface area (Å²) < 4.78 is 25.8. The molecule has 3 rings (SSSR count). The van der Waals surface area contributed by atoms with Crippen LogP contribution in [0.1, 0.15) is 0 Å². The number of carbonyl (C=O) groups is 1. The quantitative estimate of drug-likeness (QED) is 0.149. The highest BCUT2D eigenvalue weighted by atomic mass is 16.7. The van der Waals surface area contributed by atoms with Crippen molar-refractivity contribution in [2.75, 3.05) is 13.2 Å². The molecule has 3 aliphatic rings. The van der Waals surface area contributed by atoms with E-state index in [1.165, 1.54) is 0 Å². The maximum atomic E-state index is 11.3. The number of aliphatic hydroxyl groups excluding tert-OH is 10. The van der Waals surface area contributed by atoms with Gasteiger partial charge in [-0.05, 0) is 0 Å². The summed E-state index contributed by atoms with van der Waals surface area (Å²) in [5.41, 5.74) is 0. The van der Waals surface area contributed by atoms with Crippen molar-refractivity contribution in [2.45, 2.75) is 92.1 Å². The number of ether oxygens (including phenoxy) is 5. The third-order valence-electron chi connectivity index (χ3n) is 6.06. The van der Waals surface area contributed by atoms with Gasteiger partial charge in [0.15, 0.2) is 25.0 Å². The summed E-state index contributed by atoms with van der Waals surface area (Å²) in [6.07, 6.45) is -27.9. The number of aliphatic hydroxyl groups is 10. The summed E-state index contributed by atoms with van der Waals surface area (Å²) in [7, 11) is 0. The largest absolute Gasteiger partial charge is 0.479 e. The molecule has 0 radical (unpaired) electrons. The van der Waals surface area contributed by atoms with Gasteiger partial charge in [-0.1, -0.05) is 0 Å². The van der Waals surface area contributed by atoms with E-state index < -0.39 is 111 Å². The molecule has 11 N–H and O–H groups in total. The predicted octanol–water partition coefficient (Wildman–Crippen LogP) is -7.48. The van der Waals surface area contributed by atoms with Crippen LogP contribution in [0.25, 0.3) is 0 Å². The smallest absolute Gasteiger partial charge is 0.335 e. The Bertz CT molecular complexity index is 711. The lowest BCUT2D eigenvalue weighted by atomic mass is 9.96. The van der Waals surface area contributed by atoms with Crippen molar-refractivity contribution in [3.05, 3.63) is 0 Å². The number of carboxylic acids is 1. The maximum absolute atomic E-state index is 11.3. The average Bonchev–Trinajstić information content (AvgIpc) is 2.82. The molecule has 3 aliphatic heterocycles. The molecule has 35 heavy (non-hydrogen) atoms. The average molecular weight is 518 g/mol. The fourth-order valence-electron chi connectivity index (χ4n) is 4.03. The third-order valence-corrected chi connectivity index (χ3v) is 6.06. The Morgan fingerprint density at radius 1 is 0.600 bits per heavy atom. The molecule has 15 atom stereocenters. The monoisotopic (exact) mass is 518 g/mol. The molecule has 0 bridgehead atoms. The molecule has 0 aromatic rings. The SMILES string of the molecule is O=C(O)C1OC(OC2C(O)C(CO)OC(OC3C(O)C(O)OC(CO)C3O)C2O)C(O)C(O)C1O. The minimum absolute atomic E-state index is 0.779. The van der Waals surface area contributed by atoms with Crippen LogP contribution in [-0.2, 0) is 28.5 Å². The second-order valence-corrected chi connectivity index (χ2v) is 8.37. The molecule has 15 unspecified atom stereocenters. The first-order valence-electron chi connectivity index (χ1n) is 10.6. The van der Waals surface area contributed by atoms with E-state index in [0.717, 1.165) is 0 Å². The second kappa shape index (κ2) is 11.5. The van der Waals surface area contributed by atoms with E-state index in [4.69, 9.17) is 28.8 Å². The van der Waals surface area contributed by atoms with Crippen LogP contribution < -0.4 is 0 Å². The molecular weight excluding hydrogens is 488 g/mol. The molecule has 17 heteroatoms. The first-order chi connectivity index (χ1) is 16.4. The van der Waals surface area contributed by atoms with Gasteiger partial charge in [0, 0.05) is 0 Å². The number of carboxylic acid groups (broad SMARTS) is 1. The molecule has 3 saturated heterocycles. The van der Waals surface area contributed by atoms with Crippen molar-refractivity contribution in [1.82, 2.24) is 0 Å². The molecule has 0 aliphatic carbocycles. The standard InChI is InChI=1S/C18H30O17/c19-1-3-5(21)12(10(26)16(30)31-3)33-18-11(27)13(6(22)4(2-20)32-18)34-17-9(25)7(23)8(24)14(35-17)15(28)29/h3-14,16-27,30H,1-2H2,(H,28,29). The highest BCUT2D eigenvalue weighted by Gasteiger charge is 2.54. The Hall–Kier alpha value is -1.13. The van der Waals surface area contributed by atoms with E-state index in [-0.39, 0.29) is 0 Å². The van der Waals surface area contributed by atoms with E-state index in [1.807, 2.05) is 0 Å². The minimum Gasteiger partial charge on any atom is -0.479 e. The number of hydrogen-bond donors (Lipinski definition) is 11. The van der Waals surface area contributed by atoms with Crippen molar-refractivity contribution in [3.8, 4) is 0 Å². The molecule has 0 aromatic heterocycles. The van der Waals surface area contributed by atoms with E-state index in [9.17, 15) is 55.9 Å². The summed E-state index contributed by atoms with van der Waals surface area (Å²) in [6, 6.07) is 0. The second-order valence-electron chi connectivity index (χ2n) is 8.37. The summed E-state index contributed by atoms with van der Waals surface area (Å²) in [4.78, 5) is 11.3. The molecule has 0 amide bonds. The van der Waals surface area contributed by atoms with Gasteiger partial charge in [-0.2, -0.15) is 0 Å². The lowest BCUT2D eigenvalue weighted by Gasteiger charge is -2.47. The summed E-state index contributed by atoms with van der Waals surface area (Å²) in [5.74, 6) is -1.71. The third kappa shape index (κ3) is 5.59. The van der Waals surface area contributed by atoms with Gasteiger partial charge in [-0.3, -0.25) is 0 Å². The van der Waals surface area contributed by atoms with Gasteiger partial charge in [0.25, 0.3) is 0 Å². The Morgan fingerprint density at radius 2 is 1.09 bits per heavy atom. The molecule has 204 valence electrons. The molecule has 3 heterocycles. The molecular formula is C18H30O17. The Morgan fingerprint density at radius 3 is 1.60 bits per heavy atom. The lowest BCUT2D eigenvalue weighted by Crippen LogP contribution is -2.67.